The third-order valence-electron chi connectivity index (χ3n) is 6.07. The van der Waals surface area contributed by atoms with E-state index in [1.807, 2.05) is 42.5 Å². The highest BCUT2D eigenvalue weighted by Crippen LogP contribution is 2.30. The highest BCUT2D eigenvalue weighted by Gasteiger charge is 2.39. The second kappa shape index (κ2) is 9.58. The first-order chi connectivity index (χ1) is 17.0. The number of fused-ring (bicyclic) bond motifs is 1. The molecule has 1 aliphatic rings. The van der Waals surface area contributed by atoms with Crippen LogP contribution in [0.4, 0.5) is 0 Å². The van der Waals surface area contributed by atoms with Gasteiger partial charge in [0.2, 0.25) is 5.09 Å². The van der Waals surface area contributed by atoms with Crippen molar-refractivity contribution in [3.05, 3.63) is 84.1 Å². The van der Waals surface area contributed by atoms with Crippen molar-refractivity contribution in [2.24, 2.45) is 0 Å². The quantitative estimate of drug-likeness (QED) is 0.384. The Kier molecular flexibility index (Phi) is 6.34. The van der Waals surface area contributed by atoms with Gasteiger partial charge < -0.3 is 9.73 Å². The lowest BCUT2D eigenvalue weighted by atomic mass is 10.1. The average Bonchev–Trinajstić information content (AvgIpc) is 3.56. The highest BCUT2D eigenvalue weighted by atomic mass is 32.2. The van der Waals surface area contributed by atoms with Crippen LogP contribution >= 0.6 is 12.2 Å². The molecule has 7 nitrogen and oxygen atoms in total. The Morgan fingerprint density at radius 1 is 1.17 bits per heavy atom. The van der Waals surface area contributed by atoms with Crippen LogP contribution in [0.15, 0.2) is 82.4 Å². The number of para-hydroxylation sites is 1. The third-order valence-corrected chi connectivity index (χ3v) is 8.25. The van der Waals surface area contributed by atoms with E-state index < -0.39 is 16.1 Å². The summed E-state index contributed by atoms with van der Waals surface area (Å²) in [4.78, 5) is 4.91. The number of hydrogen-bond donors (Lipinski definition) is 1. The van der Waals surface area contributed by atoms with Gasteiger partial charge in [-0.3, -0.25) is 4.98 Å². The molecule has 5 rings (SSSR count). The molecule has 2 aromatic carbocycles. The molecule has 35 heavy (non-hydrogen) atoms. The molecular formula is C26H22N4O3S2. The number of nitrogens with zero attached hydrogens (tertiary/aromatic N) is 3. The molecule has 0 saturated carbocycles. The summed E-state index contributed by atoms with van der Waals surface area (Å²) >= 11 is 5.63. The molecule has 0 spiro atoms. The molecule has 0 radical (unpaired) electrons. The van der Waals surface area contributed by atoms with Crippen molar-refractivity contribution < 1.29 is 12.8 Å². The number of thiocarbonyl (C=S) groups is 1. The number of pyridine rings is 1. The Balaban J connectivity index is 1.29. The molecule has 0 bridgehead atoms. The molecule has 0 amide bonds. The van der Waals surface area contributed by atoms with E-state index in [1.54, 1.807) is 30.5 Å². The van der Waals surface area contributed by atoms with Gasteiger partial charge in [0.1, 0.15) is 5.58 Å². The third kappa shape index (κ3) is 4.68. The van der Waals surface area contributed by atoms with Crippen LogP contribution in [-0.2, 0) is 16.6 Å². The number of benzene rings is 2. The van der Waals surface area contributed by atoms with Gasteiger partial charge in [0.25, 0.3) is 10.0 Å². The van der Waals surface area contributed by atoms with E-state index in [-0.39, 0.29) is 5.09 Å². The second-order valence-electron chi connectivity index (χ2n) is 8.33. The first kappa shape index (κ1) is 23.2. The van der Waals surface area contributed by atoms with Crippen LogP contribution in [0.3, 0.4) is 0 Å². The maximum Gasteiger partial charge on any atom is 0.277 e. The molecule has 0 unspecified atom stereocenters. The van der Waals surface area contributed by atoms with Crippen LogP contribution in [0.25, 0.3) is 22.2 Å². The predicted octanol–water partition coefficient (Wildman–Crippen LogP) is 4.64. The lowest BCUT2D eigenvalue weighted by Gasteiger charge is -2.24. The van der Waals surface area contributed by atoms with E-state index in [2.05, 4.69) is 16.4 Å². The summed E-state index contributed by atoms with van der Waals surface area (Å²) in [5, 5.41) is 12.9. The summed E-state index contributed by atoms with van der Waals surface area (Å²) in [5.41, 5.74) is 3.79. The largest absolute Gasteiger partial charge is 0.443 e. The summed E-state index contributed by atoms with van der Waals surface area (Å²) in [6.45, 7) is 0.837. The van der Waals surface area contributed by atoms with Gasteiger partial charge in [0, 0.05) is 36.3 Å². The highest BCUT2D eigenvalue weighted by molar-refractivity contribution is 7.89. The molecule has 3 heterocycles. The van der Waals surface area contributed by atoms with Crippen molar-refractivity contribution in [3.8, 4) is 17.3 Å². The first-order valence-electron chi connectivity index (χ1n) is 11.2. The van der Waals surface area contributed by atoms with Crippen LogP contribution in [0.2, 0.25) is 0 Å². The normalized spacial score (nSPS) is 16.3. The molecule has 1 saturated heterocycles. The minimum atomic E-state index is -3.82. The Labute approximate surface area is 209 Å². The lowest BCUT2D eigenvalue weighted by molar-refractivity contribution is 0.408. The summed E-state index contributed by atoms with van der Waals surface area (Å²) in [6, 6.07) is 21.6. The summed E-state index contributed by atoms with van der Waals surface area (Å²) < 4.78 is 33.8. The van der Waals surface area contributed by atoms with Crippen LogP contribution in [-0.4, -0.2) is 35.3 Å². The Morgan fingerprint density at radius 2 is 1.97 bits per heavy atom. The minimum Gasteiger partial charge on any atom is -0.443 e. The van der Waals surface area contributed by atoms with Gasteiger partial charge in [0.15, 0.2) is 0 Å². The van der Waals surface area contributed by atoms with Crippen LogP contribution in [0, 0.1) is 11.3 Å². The zero-order valence-electron chi connectivity index (χ0n) is 18.7. The zero-order valence-corrected chi connectivity index (χ0v) is 20.3. The molecule has 0 aliphatic carbocycles. The Bertz CT molecular complexity index is 1510. The fourth-order valence-electron chi connectivity index (χ4n) is 4.25. The van der Waals surface area contributed by atoms with Crippen LogP contribution < -0.4 is 5.32 Å². The summed E-state index contributed by atoms with van der Waals surface area (Å²) in [7, 11) is -3.82. The lowest BCUT2D eigenvalue weighted by Crippen LogP contribution is -2.44. The number of furan rings is 1. The van der Waals surface area contributed by atoms with Crippen molar-refractivity contribution in [1.82, 2.24) is 14.6 Å². The topological polar surface area (TPSA) is 99.2 Å². The first-order valence-corrected chi connectivity index (χ1v) is 13.0. The van der Waals surface area contributed by atoms with Crippen LogP contribution in [0.1, 0.15) is 24.0 Å². The number of hydrogen-bond acceptors (Lipinski definition) is 6. The fraction of sp³-hybridized carbons (Fsp3) is 0.192. The van der Waals surface area contributed by atoms with E-state index in [0.29, 0.717) is 35.6 Å². The standard InChI is InChI=1S/C26H22N4O3S2/c27-16-18-7-9-20(10-8-18)22-14-19(11-12-28-22)17-29-26(34)23-5-3-13-30(23)35(31,32)25-15-21-4-1-2-6-24(21)33-25/h1-2,4,6-12,14-15,23H,3,5,13,17H2,(H,29,34)/t23-/m0/s1. The Hall–Kier alpha value is -3.58. The number of nitrogens with one attached hydrogen (secondary N) is 1. The molecule has 9 heteroatoms. The molecule has 1 fully saturated rings. The zero-order chi connectivity index (χ0) is 24.4. The van der Waals surface area contributed by atoms with Gasteiger partial charge in [-0.15, -0.1) is 0 Å². The van der Waals surface area contributed by atoms with Gasteiger partial charge in [0.05, 0.1) is 28.4 Å². The smallest absolute Gasteiger partial charge is 0.277 e. The second-order valence-corrected chi connectivity index (χ2v) is 10.6. The van der Waals surface area contributed by atoms with E-state index in [0.717, 1.165) is 28.6 Å². The number of nitriles is 1. The fourth-order valence-corrected chi connectivity index (χ4v) is 6.26. The number of sulfonamides is 1. The minimum absolute atomic E-state index is 0.0606. The molecule has 1 atom stereocenters. The predicted molar refractivity (Wildman–Crippen MR) is 137 cm³/mol. The van der Waals surface area contributed by atoms with Gasteiger partial charge in [-0.05, 0) is 48.7 Å². The van der Waals surface area contributed by atoms with E-state index in [4.69, 9.17) is 21.9 Å². The molecule has 176 valence electrons. The van der Waals surface area contributed by atoms with Gasteiger partial charge in [-0.25, -0.2) is 8.42 Å². The maximum atomic E-state index is 13.4. The van der Waals surface area contributed by atoms with Crippen molar-refractivity contribution >= 4 is 38.2 Å². The van der Waals surface area contributed by atoms with Crippen molar-refractivity contribution in [2.45, 2.75) is 30.5 Å². The van der Waals surface area contributed by atoms with Crippen molar-refractivity contribution in [2.75, 3.05) is 6.54 Å². The SMILES string of the molecule is N#Cc1ccc(-c2cc(CNC(=S)[C@@H]3CCCN3S(=O)(=O)c3cc4ccccc4o3)ccn2)cc1. The van der Waals surface area contributed by atoms with Crippen molar-refractivity contribution in [3.63, 3.8) is 0 Å². The Morgan fingerprint density at radius 3 is 2.74 bits per heavy atom. The molecular weight excluding hydrogens is 480 g/mol. The van der Waals surface area contributed by atoms with E-state index in [9.17, 15) is 8.42 Å². The number of rotatable bonds is 6. The molecule has 1 aliphatic heterocycles. The molecule has 2 aromatic heterocycles. The van der Waals surface area contributed by atoms with Crippen LogP contribution in [0.5, 0.6) is 0 Å². The van der Waals surface area contributed by atoms with E-state index in [1.165, 1.54) is 4.31 Å². The van der Waals surface area contributed by atoms with Crippen molar-refractivity contribution in [1.29, 1.82) is 5.26 Å². The summed E-state index contributed by atoms with van der Waals surface area (Å²) in [6.07, 6.45) is 3.10. The van der Waals surface area contributed by atoms with Gasteiger partial charge >= 0.3 is 0 Å². The summed E-state index contributed by atoms with van der Waals surface area (Å²) in [5.74, 6) is 0. The maximum absolute atomic E-state index is 13.4. The van der Waals surface area contributed by atoms with E-state index >= 15 is 0 Å². The molecule has 4 aromatic rings. The monoisotopic (exact) mass is 502 g/mol. The average molecular weight is 503 g/mol. The van der Waals surface area contributed by atoms with Gasteiger partial charge in [-0.1, -0.05) is 42.5 Å². The number of aromatic nitrogens is 1. The molecule has 1 N–H and O–H groups in total. The van der Waals surface area contributed by atoms with Gasteiger partial charge in [-0.2, -0.15) is 9.57 Å².